The molecule has 1 aliphatic heterocycles. The van der Waals surface area contributed by atoms with Gasteiger partial charge in [0.2, 0.25) is 0 Å². The van der Waals surface area contributed by atoms with Crippen LogP contribution in [-0.4, -0.2) is 40.4 Å². The number of rotatable bonds is 5. The summed E-state index contributed by atoms with van der Waals surface area (Å²) in [5, 5.41) is 10.5. The number of nitrogens with zero attached hydrogens (tertiary/aromatic N) is 1. The van der Waals surface area contributed by atoms with Gasteiger partial charge in [-0.15, -0.1) is 0 Å². The number of aliphatic hydroxyl groups excluding tert-OH is 1. The number of benzene rings is 2. The lowest BCUT2D eigenvalue weighted by Gasteiger charge is -2.23. The molecule has 2 atom stereocenters. The highest BCUT2D eigenvalue weighted by Crippen LogP contribution is 2.24. The van der Waals surface area contributed by atoms with Gasteiger partial charge in [-0.05, 0) is 37.1 Å². The maximum absolute atomic E-state index is 12.8. The van der Waals surface area contributed by atoms with E-state index in [1.54, 1.807) is 24.3 Å². The molecule has 26 heavy (non-hydrogen) atoms. The fraction of sp³-hybridized carbons (Fsp3) is 0.333. The fourth-order valence-electron chi connectivity index (χ4n) is 3.32. The van der Waals surface area contributed by atoms with Gasteiger partial charge in [0.15, 0.2) is 5.78 Å². The Labute approximate surface area is 158 Å². The quantitative estimate of drug-likeness (QED) is 0.876. The second kappa shape index (κ2) is 8.02. The number of hydrogen-bond acceptors (Lipinski definition) is 3. The number of amides is 1. The lowest BCUT2D eigenvalue weighted by atomic mass is 10.0. The van der Waals surface area contributed by atoms with Gasteiger partial charge in [0.1, 0.15) is 0 Å². The topological polar surface area (TPSA) is 57.6 Å². The van der Waals surface area contributed by atoms with Gasteiger partial charge in [0.05, 0.1) is 12.1 Å². The fourth-order valence-corrected chi connectivity index (χ4v) is 3.51. The maximum Gasteiger partial charge on any atom is 0.254 e. The first kappa shape index (κ1) is 18.6. The lowest BCUT2D eigenvalue weighted by Crippen LogP contribution is -2.40. The number of aliphatic hydroxyl groups is 1. The molecule has 0 saturated carbocycles. The maximum atomic E-state index is 12.8. The first-order chi connectivity index (χ1) is 12.4. The van der Waals surface area contributed by atoms with Crippen LogP contribution in [0.25, 0.3) is 0 Å². The van der Waals surface area contributed by atoms with Gasteiger partial charge in [-0.2, -0.15) is 0 Å². The number of likely N-dealkylation sites (tertiary alicyclic amines) is 1. The smallest absolute Gasteiger partial charge is 0.254 e. The molecule has 0 spiro atoms. The van der Waals surface area contributed by atoms with Crippen LogP contribution in [0.15, 0.2) is 48.5 Å². The molecule has 1 fully saturated rings. The van der Waals surface area contributed by atoms with Gasteiger partial charge in [-0.1, -0.05) is 47.5 Å². The second-order valence-electron chi connectivity index (χ2n) is 6.83. The Morgan fingerprint density at radius 2 is 1.92 bits per heavy atom. The largest absolute Gasteiger partial charge is 0.391 e. The predicted octanol–water partition coefficient (Wildman–Crippen LogP) is 3.43. The van der Waals surface area contributed by atoms with Crippen LogP contribution in [-0.2, 0) is 11.2 Å². The summed E-state index contributed by atoms with van der Waals surface area (Å²) in [6.07, 6.45) is 0.593. The number of halogens is 1. The van der Waals surface area contributed by atoms with Crippen molar-refractivity contribution in [2.45, 2.75) is 38.3 Å². The number of carbonyl (C=O) groups is 2. The van der Waals surface area contributed by atoms with E-state index in [1.807, 2.05) is 31.2 Å². The van der Waals surface area contributed by atoms with Crippen LogP contribution in [0, 0.1) is 6.92 Å². The first-order valence-corrected chi connectivity index (χ1v) is 9.14. The minimum atomic E-state index is -0.675. The third kappa shape index (κ3) is 4.32. The van der Waals surface area contributed by atoms with Gasteiger partial charge in [-0.3, -0.25) is 9.59 Å². The zero-order valence-electron chi connectivity index (χ0n) is 14.7. The summed E-state index contributed by atoms with van der Waals surface area (Å²) < 4.78 is 0. The Bertz CT molecular complexity index is 803. The van der Waals surface area contributed by atoms with Crippen LogP contribution in [0.5, 0.6) is 0 Å². The van der Waals surface area contributed by atoms with E-state index in [-0.39, 0.29) is 18.2 Å². The van der Waals surface area contributed by atoms with Gasteiger partial charge in [0, 0.05) is 30.0 Å². The van der Waals surface area contributed by atoms with Gasteiger partial charge in [-0.25, -0.2) is 0 Å². The number of hydrogen-bond donors (Lipinski definition) is 1. The van der Waals surface area contributed by atoms with E-state index in [0.717, 1.165) is 5.56 Å². The summed E-state index contributed by atoms with van der Waals surface area (Å²) >= 11 is 5.96. The molecule has 0 aromatic heterocycles. The number of aryl methyl sites for hydroxylation is 2. The molecule has 1 N–H and O–H groups in total. The van der Waals surface area contributed by atoms with Gasteiger partial charge >= 0.3 is 0 Å². The van der Waals surface area contributed by atoms with Crippen LogP contribution >= 0.6 is 11.6 Å². The standard InChI is InChI=1S/C21H22ClNO3/c1-14-5-7-15(8-6-14)9-10-20(25)19-12-18(24)13-23(19)21(26)16-3-2-4-17(22)11-16/h2-8,11,18-19,24H,9-10,12-13H2,1H3/t18-,19+/m1/s1. The molecule has 0 radical (unpaired) electrons. The third-order valence-corrected chi connectivity index (χ3v) is 5.00. The van der Waals surface area contributed by atoms with E-state index >= 15 is 0 Å². The molecule has 2 aromatic carbocycles. The molecule has 3 rings (SSSR count). The summed E-state index contributed by atoms with van der Waals surface area (Å²) in [4.78, 5) is 27.0. The van der Waals surface area contributed by atoms with Crippen molar-refractivity contribution in [3.63, 3.8) is 0 Å². The van der Waals surface area contributed by atoms with Crippen molar-refractivity contribution >= 4 is 23.3 Å². The Kier molecular flexibility index (Phi) is 5.74. The molecule has 0 aliphatic carbocycles. The Morgan fingerprint density at radius 3 is 2.62 bits per heavy atom. The summed E-state index contributed by atoms with van der Waals surface area (Å²) in [6.45, 7) is 2.19. The molecule has 0 bridgehead atoms. The summed E-state index contributed by atoms with van der Waals surface area (Å²) in [5.41, 5.74) is 2.70. The average Bonchev–Trinajstić information content (AvgIpc) is 3.02. The van der Waals surface area contributed by atoms with E-state index in [2.05, 4.69) is 0 Å². The molecular formula is C21H22ClNO3. The third-order valence-electron chi connectivity index (χ3n) is 4.76. The Morgan fingerprint density at radius 1 is 1.19 bits per heavy atom. The number of ketones is 1. The van der Waals surface area contributed by atoms with Crippen molar-refractivity contribution < 1.29 is 14.7 Å². The van der Waals surface area contributed by atoms with Gasteiger partial charge in [0.25, 0.3) is 5.91 Å². The predicted molar refractivity (Wildman–Crippen MR) is 101 cm³/mol. The molecule has 0 unspecified atom stereocenters. The highest BCUT2D eigenvalue weighted by molar-refractivity contribution is 6.31. The number of carbonyl (C=O) groups excluding carboxylic acids is 2. The monoisotopic (exact) mass is 371 g/mol. The van der Waals surface area contributed by atoms with Crippen molar-refractivity contribution in [1.82, 2.24) is 4.90 Å². The summed E-state index contributed by atoms with van der Waals surface area (Å²) in [7, 11) is 0. The van der Waals surface area contributed by atoms with Crippen molar-refractivity contribution in [3.05, 3.63) is 70.2 Å². The van der Waals surface area contributed by atoms with Crippen LogP contribution in [0.3, 0.4) is 0 Å². The van der Waals surface area contributed by atoms with Crippen LogP contribution < -0.4 is 0 Å². The Hall–Kier alpha value is -2.17. The van der Waals surface area contributed by atoms with E-state index < -0.39 is 12.1 Å². The highest BCUT2D eigenvalue weighted by Gasteiger charge is 2.38. The zero-order valence-corrected chi connectivity index (χ0v) is 15.4. The minimum Gasteiger partial charge on any atom is -0.391 e. The molecule has 1 aliphatic rings. The van der Waals surface area contributed by atoms with E-state index in [0.29, 0.717) is 29.8 Å². The molecule has 2 aromatic rings. The molecule has 1 amide bonds. The number of Topliss-reactive ketones (excluding diaryl/α,β-unsaturated/α-hetero) is 1. The van der Waals surface area contributed by atoms with E-state index in [4.69, 9.17) is 11.6 Å². The van der Waals surface area contributed by atoms with E-state index in [1.165, 1.54) is 10.5 Å². The molecule has 1 heterocycles. The van der Waals surface area contributed by atoms with Crippen LogP contribution in [0.2, 0.25) is 5.02 Å². The highest BCUT2D eigenvalue weighted by atomic mass is 35.5. The van der Waals surface area contributed by atoms with Crippen molar-refractivity contribution in [1.29, 1.82) is 0 Å². The number of β-amino-alcohol motifs (C(OH)–C–C–N with tert-alkyl or cyclic N) is 1. The SMILES string of the molecule is Cc1ccc(CCC(=O)[C@@H]2C[C@@H](O)CN2C(=O)c2cccc(Cl)c2)cc1. The normalized spacial score (nSPS) is 19.6. The summed E-state index contributed by atoms with van der Waals surface area (Å²) in [6, 6.07) is 14.2. The molecule has 4 nitrogen and oxygen atoms in total. The van der Waals surface area contributed by atoms with Gasteiger partial charge < -0.3 is 10.0 Å². The zero-order chi connectivity index (χ0) is 18.7. The summed E-state index contributed by atoms with van der Waals surface area (Å²) in [5.74, 6) is -0.282. The molecule has 1 saturated heterocycles. The van der Waals surface area contributed by atoms with Crippen molar-refractivity contribution in [2.75, 3.05) is 6.54 Å². The minimum absolute atomic E-state index is 0.0162. The van der Waals surface area contributed by atoms with Crippen LogP contribution in [0.4, 0.5) is 0 Å². The van der Waals surface area contributed by atoms with Crippen molar-refractivity contribution in [2.24, 2.45) is 0 Å². The second-order valence-corrected chi connectivity index (χ2v) is 7.26. The van der Waals surface area contributed by atoms with Crippen molar-refractivity contribution in [3.8, 4) is 0 Å². The Balaban J connectivity index is 1.69. The first-order valence-electron chi connectivity index (χ1n) is 8.77. The molecule has 5 heteroatoms. The van der Waals surface area contributed by atoms with Crippen LogP contribution in [0.1, 0.15) is 34.3 Å². The molecule has 136 valence electrons. The average molecular weight is 372 g/mol. The molecular weight excluding hydrogens is 350 g/mol. The van der Waals surface area contributed by atoms with E-state index in [9.17, 15) is 14.7 Å². The lowest BCUT2D eigenvalue weighted by molar-refractivity contribution is -0.122.